The summed E-state index contributed by atoms with van der Waals surface area (Å²) in [4.78, 5) is 4.82. The highest BCUT2D eigenvalue weighted by atomic mass is 16.5. The molecule has 0 spiro atoms. The minimum absolute atomic E-state index is 0.313. The lowest BCUT2D eigenvalue weighted by atomic mass is 9.81. The monoisotopic (exact) mass is 229 g/mol. The van der Waals surface area contributed by atoms with Crippen LogP contribution >= 0.6 is 0 Å². The van der Waals surface area contributed by atoms with E-state index in [1.165, 1.54) is 25.7 Å². The van der Waals surface area contributed by atoms with Gasteiger partial charge in [0, 0.05) is 11.5 Å². The molecule has 0 saturated heterocycles. The summed E-state index contributed by atoms with van der Waals surface area (Å²) in [6.07, 6.45) is 5.48. The minimum atomic E-state index is 0.313. The van der Waals surface area contributed by atoms with Crippen molar-refractivity contribution in [2.45, 2.75) is 44.8 Å². The van der Waals surface area contributed by atoms with Gasteiger partial charge in [-0.2, -0.15) is 0 Å². The first-order valence-electron chi connectivity index (χ1n) is 6.64. The molecule has 1 fully saturated rings. The van der Waals surface area contributed by atoms with Crippen molar-refractivity contribution >= 4 is 5.90 Å². The van der Waals surface area contributed by atoms with Crippen LogP contribution in [0.15, 0.2) is 35.3 Å². The van der Waals surface area contributed by atoms with E-state index in [4.69, 9.17) is 9.73 Å². The lowest BCUT2D eigenvalue weighted by molar-refractivity contribution is 0.0785. The molecule has 2 heteroatoms. The summed E-state index contributed by atoms with van der Waals surface area (Å²) in [5.74, 6) is 1.48. The van der Waals surface area contributed by atoms with E-state index in [9.17, 15) is 0 Å². The molecule has 1 aromatic rings. The Morgan fingerprint density at radius 2 is 1.88 bits per heavy atom. The first-order chi connectivity index (χ1) is 8.34. The van der Waals surface area contributed by atoms with Crippen molar-refractivity contribution in [1.29, 1.82) is 0 Å². The first-order valence-corrected chi connectivity index (χ1v) is 6.64. The smallest absolute Gasteiger partial charge is 0.216 e. The van der Waals surface area contributed by atoms with E-state index in [-0.39, 0.29) is 0 Å². The zero-order valence-corrected chi connectivity index (χ0v) is 10.3. The van der Waals surface area contributed by atoms with Gasteiger partial charge in [0.05, 0.1) is 6.04 Å². The molecule has 0 radical (unpaired) electrons. The Morgan fingerprint density at radius 1 is 1.12 bits per heavy atom. The molecule has 3 atom stereocenters. The third-order valence-electron chi connectivity index (χ3n) is 3.99. The second-order valence-electron chi connectivity index (χ2n) is 5.14. The molecule has 1 aliphatic carbocycles. The van der Waals surface area contributed by atoms with Gasteiger partial charge in [0.25, 0.3) is 0 Å². The third kappa shape index (κ3) is 2.08. The summed E-state index contributed by atoms with van der Waals surface area (Å²) < 4.78 is 5.99. The topological polar surface area (TPSA) is 21.6 Å². The zero-order chi connectivity index (χ0) is 11.7. The highest BCUT2D eigenvalue weighted by Crippen LogP contribution is 2.34. The summed E-state index contributed by atoms with van der Waals surface area (Å²) in [5, 5.41) is 0. The molecule has 1 saturated carbocycles. The predicted octanol–water partition coefficient (Wildman–Crippen LogP) is 3.41. The van der Waals surface area contributed by atoms with Crippen LogP contribution in [0.25, 0.3) is 0 Å². The van der Waals surface area contributed by atoms with Gasteiger partial charge in [0.15, 0.2) is 0 Å². The van der Waals surface area contributed by atoms with E-state index < -0.39 is 0 Å². The van der Waals surface area contributed by atoms with E-state index >= 15 is 0 Å². The van der Waals surface area contributed by atoms with Crippen molar-refractivity contribution in [3.8, 4) is 0 Å². The van der Waals surface area contributed by atoms with Crippen LogP contribution in [-0.2, 0) is 4.74 Å². The second kappa shape index (κ2) is 4.52. The average molecular weight is 229 g/mol. The van der Waals surface area contributed by atoms with E-state index in [2.05, 4.69) is 19.1 Å². The summed E-state index contributed by atoms with van der Waals surface area (Å²) >= 11 is 0. The molecule has 3 rings (SSSR count). The molecule has 2 aliphatic rings. The van der Waals surface area contributed by atoms with Gasteiger partial charge >= 0.3 is 0 Å². The Morgan fingerprint density at radius 3 is 2.71 bits per heavy atom. The van der Waals surface area contributed by atoms with Gasteiger partial charge in [0.2, 0.25) is 5.90 Å². The number of ether oxygens (including phenoxy) is 1. The van der Waals surface area contributed by atoms with Crippen LogP contribution in [0, 0.1) is 5.92 Å². The number of benzene rings is 1. The number of hydrogen-bond donors (Lipinski definition) is 0. The summed E-state index contributed by atoms with van der Waals surface area (Å²) in [5.41, 5.74) is 1.11. The highest BCUT2D eigenvalue weighted by molar-refractivity contribution is 5.94. The largest absolute Gasteiger partial charge is 0.474 e. The normalized spacial score (nSPS) is 32.3. The van der Waals surface area contributed by atoms with Gasteiger partial charge in [-0.15, -0.1) is 0 Å². The minimum Gasteiger partial charge on any atom is -0.474 e. The van der Waals surface area contributed by atoms with Crippen molar-refractivity contribution in [3.05, 3.63) is 35.9 Å². The highest BCUT2D eigenvalue weighted by Gasteiger charge is 2.35. The molecule has 0 N–H and O–H groups in total. The molecule has 2 nitrogen and oxygen atoms in total. The lowest BCUT2D eigenvalue weighted by Gasteiger charge is -2.37. The van der Waals surface area contributed by atoms with Crippen LogP contribution < -0.4 is 0 Å². The summed E-state index contributed by atoms with van der Waals surface area (Å²) in [7, 11) is 0. The van der Waals surface area contributed by atoms with Crippen LogP contribution in [0.3, 0.4) is 0 Å². The Labute approximate surface area is 103 Å². The van der Waals surface area contributed by atoms with Gasteiger partial charge in [-0.3, -0.25) is 0 Å². The Balaban J connectivity index is 1.89. The molecule has 1 heterocycles. The van der Waals surface area contributed by atoms with Gasteiger partial charge in [0.1, 0.15) is 6.10 Å². The molecule has 3 unspecified atom stereocenters. The fraction of sp³-hybridized carbons (Fsp3) is 0.533. The zero-order valence-electron chi connectivity index (χ0n) is 10.3. The number of rotatable bonds is 1. The Kier molecular flexibility index (Phi) is 2.87. The number of nitrogens with zero attached hydrogens (tertiary/aromatic N) is 1. The number of aliphatic imine (C=N–C) groups is 1. The third-order valence-corrected chi connectivity index (χ3v) is 3.99. The van der Waals surface area contributed by atoms with Crippen molar-refractivity contribution in [1.82, 2.24) is 0 Å². The quantitative estimate of drug-likeness (QED) is 0.723. The van der Waals surface area contributed by atoms with Gasteiger partial charge in [-0.1, -0.05) is 31.0 Å². The van der Waals surface area contributed by atoms with E-state index in [0.717, 1.165) is 11.5 Å². The molecule has 0 bridgehead atoms. The van der Waals surface area contributed by atoms with Crippen LogP contribution in [0.5, 0.6) is 0 Å². The van der Waals surface area contributed by atoms with Crippen molar-refractivity contribution in [3.63, 3.8) is 0 Å². The molecular weight excluding hydrogens is 210 g/mol. The van der Waals surface area contributed by atoms with Gasteiger partial charge in [-0.25, -0.2) is 4.99 Å². The van der Waals surface area contributed by atoms with E-state index in [1.54, 1.807) is 0 Å². The Hall–Kier alpha value is -1.31. The van der Waals surface area contributed by atoms with Crippen LogP contribution in [0.4, 0.5) is 0 Å². The second-order valence-corrected chi connectivity index (χ2v) is 5.14. The molecule has 0 aromatic heterocycles. The maximum atomic E-state index is 5.99. The van der Waals surface area contributed by atoms with E-state index in [1.807, 2.05) is 18.2 Å². The number of hydrogen-bond acceptors (Lipinski definition) is 2. The summed E-state index contributed by atoms with van der Waals surface area (Å²) in [6, 6.07) is 10.8. The maximum Gasteiger partial charge on any atom is 0.216 e. The van der Waals surface area contributed by atoms with Gasteiger partial charge in [-0.05, 0) is 31.9 Å². The first kappa shape index (κ1) is 10.8. The van der Waals surface area contributed by atoms with Crippen molar-refractivity contribution in [2.75, 3.05) is 0 Å². The van der Waals surface area contributed by atoms with E-state index in [0.29, 0.717) is 18.1 Å². The fourth-order valence-corrected chi connectivity index (χ4v) is 3.02. The lowest BCUT2D eigenvalue weighted by Crippen LogP contribution is -2.40. The van der Waals surface area contributed by atoms with Crippen LogP contribution in [0.2, 0.25) is 0 Å². The predicted molar refractivity (Wildman–Crippen MR) is 69.3 cm³/mol. The molecule has 1 aromatic carbocycles. The molecule has 0 amide bonds. The van der Waals surface area contributed by atoms with Crippen LogP contribution in [0.1, 0.15) is 38.2 Å². The SMILES string of the molecule is CC1OC(c2ccccc2)=NC2CCCCC21. The molecule has 90 valence electrons. The Bertz CT molecular complexity index is 412. The number of fused-ring (bicyclic) bond motifs is 1. The standard InChI is InChI=1S/C15H19NO/c1-11-13-9-5-6-10-14(13)16-15(17-11)12-7-3-2-4-8-12/h2-4,7-8,11,13-14H,5-6,9-10H2,1H3. The van der Waals surface area contributed by atoms with Crippen molar-refractivity contribution in [2.24, 2.45) is 10.9 Å². The maximum absolute atomic E-state index is 5.99. The molecular formula is C15H19NO. The molecule has 1 aliphatic heterocycles. The van der Waals surface area contributed by atoms with Gasteiger partial charge < -0.3 is 4.74 Å². The summed E-state index contributed by atoms with van der Waals surface area (Å²) in [6.45, 7) is 2.20. The fourth-order valence-electron chi connectivity index (χ4n) is 3.02. The van der Waals surface area contributed by atoms with Crippen molar-refractivity contribution < 1.29 is 4.74 Å². The average Bonchev–Trinajstić information content (AvgIpc) is 2.40. The van der Waals surface area contributed by atoms with Crippen LogP contribution in [-0.4, -0.2) is 18.0 Å². The molecule has 17 heavy (non-hydrogen) atoms.